The first kappa shape index (κ1) is 26.8. The summed E-state index contributed by atoms with van der Waals surface area (Å²) in [6, 6.07) is 22.0. The van der Waals surface area contributed by atoms with Crippen LogP contribution in [0.4, 0.5) is 17.1 Å². The normalized spacial score (nSPS) is 11.5. The van der Waals surface area contributed by atoms with Gasteiger partial charge in [0.05, 0.1) is 27.4 Å². The van der Waals surface area contributed by atoms with Crippen molar-refractivity contribution in [2.45, 2.75) is 23.6 Å². The predicted octanol–water partition coefficient (Wildman–Crippen LogP) is 4.33. The van der Waals surface area contributed by atoms with Gasteiger partial charge in [-0.15, -0.1) is 0 Å². The van der Waals surface area contributed by atoms with E-state index in [-0.39, 0.29) is 9.79 Å². The Balaban J connectivity index is 1.56. The van der Waals surface area contributed by atoms with Gasteiger partial charge >= 0.3 is 0 Å². The molecule has 11 heteroatoms. The van der Waals surface area contributed by atoms with Crippen molar-refractivity contribution in [3.05, 3.63) is 108 Å². The Morgan fingerprint density at radius 2 is 1.53 bits per heavy atom. The van der Waals surface area contributed by atoms with E-state index in [9.17, 15) is 21.6 Å². The molecule has 3 aromatic carbocycles. The SMILES string of the molecule is Cc1ccc(C)c(N(CC(=O)Nc2ccc(S(=O)(=O)Nc3cccnc3)cc2)S(=O)(=O)c2ccccc2)c1. The van der Waals surface area contributed by atoms with Crippen LogP contribution in [-0.2, 0) is 24.8 Å². The number of pyridine rings is 1. The number of hydrogen-bond donors (Lipinski definition) is 2. The topological polar surface area (TPSA) is 126 Å². The van der Waals surface area contributed by atoms with Crippen LogP contribution in [0, 0.1) is 13.8 Å². The van der Waals surface area contributed by atoms with Gasteiger partial charge in [-0.1, -0.05) is 30.3 Å². The van der Waals surface area contributed by atoms with Gasteiger partial charge in [0, 0.05) is 11.9 Å². The van der Waals surface area contributed by atoms with Crippen molar-refractivity contribution < 1.29 is 21.6 Å². The van der Waals surface area contributed by atoms with E-state index in [1.54, 1.807) is 49.4 Å². The highest BCUT2D eigenvalue weighted by Crippen LogP contribution is 2.28. The van der Waals surface area contributed by atoms with Crippen LogP contribution < -0.4 is 14.3 Å². The Morgan fingerprint density at radius 3 is 2.18 bits per heavy atom. The smallest absolute Gasteiger partial charge is 0.264 e. The molecular formula is C27H26N4O5S2. The van der Waals surface area contributed by atoms with E-state index in [4.69, 9.17) is 0 Å². The fourth-order valence-corrected chi connectivity index (χ4v) is 6.23. The van der Waals surface area contributed by atoms with Crippen LogP contribution in [0.1, 0.15) is 11.1 Å². The van der Waals surface area contributed by atoms with Gasteiger partial charge in [-0.05, 0) is 79.6 Å². The van der Waals surface area contributed by atoms with Gasteiger partial charge in [0.2, 0.25) is 5.91 Å². The third-order valence-corrected chi connectivity index (χ3v) is 8.79. The molecule has 0 radical (unpaired) electrons. The minimum atomic E-state index is -4.06. The second kappa shape index (κ2) is 11.0. The van der Waals surface area contributed by atoms with E-state index in [2.05, 4.69) is 15.0 Å². The fraction of sp³-hybridized carbons (Fsp3) is 0.111. The number of anilines is 3. The highest BCUT2D eigenvalue weighted by Gasteiger charge is 2.28. The van der Waals surface area contributed by atoms with Gasteiger partial charge in [-0.2, -0.15) is 0 Å². The summed E-state index contributed by atoms with van der Waals surface area (Å²) < 4.78 is 55.9. The second-order valence-corrected chi connectivity index (χ2v) is 12.1. The van der Waals surface area contributed by atoms with Crippen LogP contribution in [-0.4, -0.2) is 34.3 Å². The molecule has 2 N–H and O–H groups in total. The van der Waals surface area contributed by atoms with Gasteiger partial charge in [-0.3, -0.25) is 18.8 Å². The standard InChI is InChI=1S/C27H26N4O5S2/c1-20-10-11-21(2)26(17-20)31(38(35,36)25-8-4-3-5-9-25)19-27(32)29-22-12-14-24(15-13-22)37(33,34)30-23-7-6-16-28-18-23/h3-18,30H,19H2,1-2H3,(H,29,32). The van der Waals surface area contributed by atoms with Gasteiger partial charge < -0.3 is 5.32 Å². The Kier molecular flexibility index (Phi) is 7.79. The highest BCUT2D eigenvalue weighted by atomic mass is 32.2. The van der Waals surface area contributed by atoms with Crippen LogP contribution in [0.3, 0.4) is 0 Å². The number of carbonyl (C=O) groups excluding carboxylic acids is 1. The van der Waals surface area contributed by atoms with Crippen molar-refractivity contribution in [1.29, 1.82) is 0 Å². The fourth-order valence-electron chi connectivity index (χ4n) is 3.69. The van der Waals surface area contributed by atoms with E-state index in [0.29, 0.717) is 22.6 Å². The summed E-state index contributed by atoms with van der Waals surface area (Å²) in [5, 5.41) is 2.66. The molecule has 1 heterocycles. The summed E-state index contributed by atoms with van der Waals surface area (Å²) in [5.41, 5.74) is 2.56. The first-order valence-electron chi connectivity index (χ1n) is 11.5. The maximum absolute atomic E-state index is 13.6. The number of rotatable bonds is 9. The Labute approximate surface area is 222 Å². The van der Waals surface area contributed by atoms with Gasteiger partial charge in [-0.25, -0.2) is 16.8 Å². The van der Waals surface area contributed by atoms with E-state index >= 15 is 0 Å². The van der Waals surface area contributed by atoms with E-state index in [0.717, 1.165) is 9.87 Å². The molecule has 0 aliphatic heterocycles. The lowest BCUT2D eigenvalue weighted by atomic mass is 10.1. The number of nitrogens with zero attached hydrogens (tertiary/aromatic N) is 2. The molecule has 0 bridgehead atoms. The van der Waals surface area contributed by atoms with Crippen molar-refractivity contribution in [2.24, 2.45) is 0 Å². The molecule has 9 nitrogen and oxygen atoms in total. The Morgan fingerprint density at radius 1 is 0.816 bits per heavy atom. The molecule has 1 amide bonds. The van der Waals surface area contributed by atoms with Gasteiger partial charge in [0.15, 0.2) is 0 Å². The second-order valence-electron chi connectivity index (χ2n) is 8.53. The molecule has 0 atom stereocenters. The lowest BCUT2D eigenvalue weighted by molar-refractivity contribution is -0.114. The molecule has 0 fully saturated rings. The van der Waals surface area contributed by atoms with E-state index < -0.39 is 32.5 Å². The zero-order valence-corrected chi connectivity index (χ0v) is 22.3. The molecule has 4 aromatic rings. The maximum atomic E-state index is 13.6. The number of benzene rings is 3. The van der Waals surface area contributed by atoms with Crippen molar-refractivity contribution in [2.75, 3.05) is 20.9 Å². The zero-order valence-electron chi connectivity index (χ0n) is 20.7. The monoisotopic (exact) mass is 550 g/mol. The molecule has 196 valence electrons. The minimum Gasteiger partial charge on any atom is -0.325 e. The van der Waals surface area contributed by atoms with E-state index in [1.807, 2.05) is 13.0 Å². The van der Waals surface area contributed by atoms with Gasteiger partial charge in [0.1, 0.15) is 6.54 Å². The molecule has 0 aliphatic carbocycles. The number of aromatic nitrogens is 1. The van der Waals surface area contributed by atoms with Crippen LogP contribution in [0.15, 0.2) is 107 Å². The molecule has 38 heavy (non-hydrogen) atoms. The average Bonchev–Trinajstić information content (AvgIpc) is 2.90. The third-order valence-electron chi connectivity index (χ3n) is 5.61. The number of aryl methyl sites for hydroxylation is 2. The molecule has 0 unspecified atom stereocenters. The zero-order chi connectivity index (χ0) is 27.3. The largest absolute Gasteiger partial charge is 0.325 e. The molecule has 4 rings (SSSR count). The summed E-state index contributed by atoms with van der Waals surface area (Å²) in [5.74, 6) is -0.588. The summed E-state index contributed by atoms with van der Waals surface area (Å²) in [6.07, 6.45) is 2.92. The molecule has 1 aromatic heterocycles. The van der Waals surface area contributed by atoms with Gasteiger partial charge in [0.25, 0.3) is 20.0 Å². The maximum Gasteiger partial charge on any atom is 0.264 e. The number of carbonyl (C=O) groups is 1. The molecule has 0 aliphatic rings. The van der Waals surface area contributed by atoms with Crippen molar-refractivity contribution in [1.82, 2.24) is 4.98 Å². The van der Waals surface area contributed by atoms with Crippen LogP contribution in [0.5, 0.6) is 0 Å². The number of hydrogen-bond acceptors (Lipinski definition) is 6. The molecular weight excluding hydrogens is 524 g/mol. The summed E-state index contributed by atoms with van der Waals surface area (Å²) >= 11 is 0. The number of nitrogens with one attached hydrogen (secondary N) is 2. The quantitative estimate of drug-likeness (QED) is 0.320. The van der Waals surface area contributed by atoms with E-state index in [1.165, 1.54) is 48.8 Å². The summed E-state index contributed by atoms with van der Waals surface area (Å²) in [4.78, 5) is 17.0. The Hall–Kier alpha value is -4.22. The van der Waals surface area contributed by atoms with Crippen LogP contribution >= 0.6 is 0 Å². The summed E-state index contributed by atoms with van der Waals surface area (Å²) in [7, 11) is -7.92. The average molecular weight is 551 g/mol. The van der Waals surface area contributed by atoms with Crippen LogP contribution in [0.25, 0.3) is 0 Å². The van der Waals surface area contributed by atoms with Crippen molar-refractivity contribution >= 4 is 43.0 Å². The van der Waals surface area contributed by atoms with Crippen LogP contribution in [0.2, 0.25) is 0 Å². The van der Waals surface area contributed by atoms with Crippen molar-refractivity contribution in [3.8, 4) is 0 Å². The minimum absolute atomic E-state index is 0.0111. The lowest BCUT2D eigenvalue weighted by Crippen LogP contribution is -2.38. The third kappa shape index (κ3) is 6.18. The predicted molar refractivity (Wildman–Crippen MR) is 147 cm³/mol. The Bertz CT molecular complexity index is 1640. The lowest BCUT2D eigenvalue weighted by Gasteiger charge is -2.26. The first-order chi connectivity index (χ1) is 18.1. The number of sulfonamides is 2. The first-order valence-corrected chi connectivity index (χ1v) is 14.5. The van der Waals surface area contributed by atoms with Crippen molar-refractivity contribution in [3.63, 3.8) is 0 Å². The molecule has 0 saturated carbocycles. The number of amides is 1. The molecule has 0 saturated heterocycles. The highest BCUT2D eigenvalue weighted by molar-refractivity contribution is 7.93. The summed E-state index contributed by atoms with van der Waals surface area (Å²) in [6.45, 7) is 3.14. The molecule has 0 spiro atoms.